The first-order chi connectivity index (χ1) is 15.2. The third-order valence-corrected chi connectivity index (χ3v) is 5.44. The lowest BCUT2D eigenvalue weighted by atomic mass is 10.0. The van der Waals surface area contributed by atoms with Gasteiger partial charge >= 0.3 is 5.97 Å². The molecule has 9 nitrogen and oxygen atoms in total. The summed E-state index contributed by atoms with van der Waals surface area (Å²) >= 11 is 12.3. The molecule has 0 radical (unpaired) electrons. The van der Waals surface area contributed by atoms with Gasteiger partial charge in [-0.15, -0.1) is 0 Å². The molecular formula is C21H23Cl2N3O6. The van der Waals surface area contributed by atoms with Crippen LogP contribution in [0.15, 0.2) is 35.0 Å². The summed E-state index contributed by atoms with van der Waals surface area (Å²) in [4.78, 5) is 16.7. The largest absolute Gasteiger partial charge is 0.483 e. The van der Waals surface area contributed by atoms with E-state index < -0.39 is 36.7 Å². The molecule has 2 atom stereocenters. The highest BCUT2D eigenvalue weighted by molar-refractivity contribution is 6.32. The Kier molecular flexibility index (Phi) is 7.58. The van der Waals surface area contributed by atoms with Crippen molar-refractivity contribution in [3.8, 4) is 5.75 Å². The molecule has 0 aliphatic carbocycles. The Morgan fingerprint density at radius 3 is 2.59 bits per heavy atom. The number of nitrogens with zero attached hydrogens (tertiary/aromatic N) is 2. The summed E-state index contributed by atoms with van der Waals surface area (Å²) in [5, 5.41) is 23.8. The summed E-state index contributed by atoms with van der Waals surface area (Å²) in [7, 11) is 0. The fourth-order valence-corrected chi connectivity index (χ4v) is 3.15. The molecule has 4 N–H and O–H groups in total. The third-order valence-electron chi connectivity index (χ3n) is 4.92. The van der Waals surface area contributed by atoms with Crippen molar-refractivity contribution in [3.05, 3.63) is 51.9 Å². The highest BCUT2D eigenvalue weighted by atomic mass is 35.5. The number of halogens is 2. The fraction of sp³-hybridized carbons (Fsp3) is 0.381. The van der Waals surface area contributed by atoms with Crippen molar-refractivity contribution in [2.24, 2.45) is 5.73 Å². The summed E-state index contributed by atoms with van der Waals surface area (Å²) in [6, 6.07) is 6.65. The molecule has 0 aliphatic rings. The number of rotatable bonds is 9. The van der Waals surface area contributed by atoms with Gasteiger partial charge in [0.1, 0.15) is 30.1 Å². The quantitative estimate of drug-likeness (QED) is 0.391. The first-order valence-corrected chi connectivity index (χ1v) is 10.5. The lowest BCUT2D eigenvalue weighted by Crippen LogP contribution is -2.52. The number of ether oxygens (including phenoxy) is 2. The van der Waals surface area contributed by atoms with E-state index in [-0.39, 0.29) is 6.61 Å². The number of hydrogen-bond acceptors (Lipinski definition) is 9. The van der Waals surface area contributed by atoms with E-state index in [2.05, 4.69) is 10.1 Å². The van der Waals surface area contributed by atoms with Crippen molar-refractivity contribution in [1.82, 2.24) is 10.1 Å². The van der Waals surface area contributed by atoms with Crippen LogP contribution in [0.25, 0.3) is 11.0 Å². The van der Waals surface area contributed by atoms with E-state index in [1.165, 1.54) is 6.20 Å². The fourth-order valence-electron chi connectivity index (χ4n) is 2.83. The van der Waals surface area contributed by atoms with E-state index >= 15 is 0 Å². The van der Waals surface area contributed by atoms with Crippen LogP contribution < -0.4 is 10.5 Å². The van der Waals surface area contributed by atoms with Gasteiger partial charge in [0, 0.05) is 17.6 Å². The van der Waals surface area contributed by atoms with Crippen molar-refractivity contribution in [2.45, 2.75) is 31.4 Å². The van der Waals surface area contributed by atoms with E-state index in [0.29, 0.717) is 38.2 Å². The molecule has 0 bridgehead atoms. The number of esters is 1. The van der Waals surface area contributed by atoms with Crippen LogP contribution in [0.3, 0.4) is 0 Å². The molecule has 0 aliphatic heterocycles. The monoisotopic (exact) mass is 483 g/mol. The third kappa shape index (κ3) is 5.31. The van der Waals surface area contributed by atoms with Crippen LogP contribution in [0.4, 0.5) is 0 Å². The number of carbonyl (C=O) groups is 1. The zero-order valence-corrected chi connectivity index (χ0v) is 18.9. The van der Waals surface area contributed by atoms with Crippen LogP contribution in [0.1, 0.15) is 37.3 Å². The molecule has 172 valence electrons. The highest BCUT2D eigenvalue weighted by Crippen LogP contribution is 2.36. The summed E-state index contributed by atoms with van der Waals surface area (Å²) in [5.74, 6) is -1.09. The van der Waals surface area contributed by atoms with E-state index in [1.807, 2.05) is 6.92 Å². The van der Waals surface area contributed by atoms with Gasteiger partial charge in [0.05, 0.1) is 34.5 Å². The first-order valence-electron chi connectivity index (χ1n) is 9.71. The average Bonchev–Trinajstić information content (AvgIpc) is 3.19. The number of aliphatic hydroxyl groups is 2. The first kappa shape index (κ1) is 24.2. The van der Waals surface area contributed by atoms with E-state index in [0.717, 1.165) is 0 Å². The van der Waals surface area contributed by atoms with Crippen LogP contribution in [0, 0.1) is 0 Å². The maximum absolute atomic E-state index is 12.4. The van der Waals surface area contributed by atoms with Gasteiger partial charge in [0.25, 0.3) is 0 Å². The topological polar surface area (TPSA) is 141 Å². The standard InChI is InChI=1S/C21H23Cl2N3O6/c1-11(20(29)30-10-21(24,8-27)9-28)19-14-5-15(23)18(6-17(14)32-26-19)31-12(2)16-4-3-13(22)7-25-16/h3-7,11-12,27-28H,8-10,24H2,1-2H3/t11-,12?/m1/s1. The number of aliphatic hydroxyl groups excluding tert-OH is 2. The molecule has 3 aromatic rings. The van der Waals surface area contributed by atoms with Crippen LogP contribution in [-0.2, 0) is 9.53 Å². The predicted octanol–water partition coefficient (Wildman–Crippen LogP) is 3.00. The van der Waals surface area contributed by atoms with Gasteiger partial charge in [0.15, 0.2) is 5.58 Å². The van der Waals surface area contributed by atoms with Gasteiger partial charge in [-0.3, -0.25) is 9.78 Å². The molecule has 0 saturated carbocycles. The molecule has 1 aromatic carbocycles. The van der Waals surface area contributed by atoms with Crippen molar-refractivity contribution >= 4 is 40.1 Å². The van der Waals surface area contributed by atoms with Crippen LogP contribution in [-0.4, -0.2) is 51.7 Å². The molecule has 11 heteroatoms. The minimum Gasteiger partial charge on any atom is -0.483 e. The zero-order chi connectivity index (χ0) is 23.5. The summed E-state index contributed by atoms with van der Waals surface area (Å²) in [5.41, 5.74) is 5.66. The Bertz CT molecular complexity index is 1090. The number of fused-ring (bicyclic) bond motifs is 1. The molecule has 0 amide bonds. The van der Waals surface area contributed by atoms with Gasteiger partial charge in [-0.25, -0.2) is 0 Å². The Morgan fingerprint density at radius 2 is 1.97 bits per heavy atom. The predicted molar refractivity (Wildman–Crippen MR) is 118 cm³/mol. The lowest BCUT2D eigenvalue weighted by molar-refractivity contribution is -0.148. The maximum atomic E-state index is 12.4. The number of pyridine rings is 1. The second-order valence-corrected chi connectivity index (χ2v) is 8.36. The molecule has 2 heterocycles. The van der Waals surface area contributed by atoms with Crippen molar-refractivity contribution < 1.29 is 29.0 Å². The minimum absolute atomic E-state index is 0.296. The zero-order valence-electron chi connectivity index (χ0n) is 17.4. The molecule has 0 spiro atoms. The second-order valence-electron chi connectivity index (χ2n) is 7.52. The van der Waals surface area contributed by atoms with Crippen LogP contribution in [0.2, 0.25) is 10.0 Å². The van der Waals surface area contributed by atoms with Gasteiger partial charge in [-0.1, -0.05) is 28.4 Å². The maximum Gasteiger partial charge on any atom is 0.314 e. The molecule has 2 aromatic heterocycles. The van der Waals surface area contributed by atoms with Gasteiger partial charge in [-0.05, 0) is 32.0 Å². The smallest absolute Gasteiger partial charge is 0.314 e. The minimum atomic E-state index is -1.42. The van der Waals surface area contributed by atoms with Crippen LogP contribution in [0.5, 0.6) is 5.75 Å². The number of aromatic nitrogens is 2. The normalized spacial score (nSPS) is 13.7. The molecule has 1 unspecified atom stereocenters. The summed E-state index contributed by atoms with van der Waals surface area (Å²) in [6.45, 7) is 1.97. The summed E-state index contributed by atoms with van der Waals surface area (Å²) < 4.78 is 16.4. The molecule has 32 heavy (non-hydrogen) atoms. The molecular weight excluding hydrogens is 461 g/mol. The van der Waals surface area contributed by atoms with Crippen molar-refractivity contribution in [3.63, 3.8) is 0 Å². The Labute approximate surface area is 194 Å². The molecule has 0 saturated heterocycles. The van der Waals surface area contributed by atoms with Gasteiger partial charge in [0.2, 0.25) is 0 Å². The lowest BCUT2D eigenvalue weighted by Gasteiger charge is -2.24. The van der Waals surface area contributed by atoms with E-state index in [4.69, 9.17) is 42.9 Å². The van der Waals surface area contributed by atoms with Crippen molar-refractivity contribution in [1.29, 1.82) is 0 Å². The number of carbonyl (C=O) groups excluding carboxylic acids is 1. The molecule has 3 rings (SSSR count). The second kappa shape index (κ2) is 10.0. The number of nitrogens with two attached hydrogens (primary N) is 1. The Morgan fingerprint density at radius 1 is 1.25 bits per heavy atom. The number of benzene rings is 1. The Hall–Kier alpha value is -2.43. The Balaban J connectivity index is 1.77. The molecule has 0 fully saturated rings. The highest BCUT2D eigenvalue weighted by Gasteiger charge is 2.29. The van der Waals surface area contributed by atoms with Crippen LogP contribution >= 0.6 is 23.2 Å². The SMILES string of the molecule is CC(Oc1cc2onc([C@@H](C)C(=O)OCC(N)(CO)CO)c2cc1Cl)c1ccc(Cl)cn1. The summed E-state index contributed by atoms with van der Waals surface area (Å²) in [6.07, 6.45) is 1.12. The average molecular weight is 484 g/mol. The van der Waals surface area contributed by atoms with Crippen molar-refractivity contribution in [2.75, 3.05) is 19.8 Å². The van der Waals surface area contributed by atoms with E-state index in [1.54, 1.807) is 31.2 Å². The van der Waals surface area contributed by atoms with E-state index in [9.17, 15) is 15.0 Å². The van der Waals surface area contributed by atoms with Gasteiger partial charge < -0.3 is 29.9 Å². The number of hydrogen-bond donors (Lipinski definition) is 3. The van der Waals surface area contributed by atoms with Gasteiger partial charge in [-0.2, -0.15) is 0 Å².